The van der Waals surface area contributed by atoms with E-state index in [4.69, 9.17) is 0 Å². The van der Waals surface area contributed by atoms with E-state index in [2.05, 4.69) is 30.3 Å². The van der Waals surface area contributed by atoms with Crippen molar-refractivity contribution in [2.24, 2.45) is 0 Å². The standard InChI is InChI=1S/C36H48/c1-4-12-25(13-5-1)28-20-21-32-31-18-10-11-19-33(31)35-29(26-14-6-2-7-15-26)22-23-30(36(35)34(32)24-28)27-16-8-3-9-17-27/h20-27,31,33H,1-19H2. The van der Waals surface area contributed by atoms with Crippen LogP contribution in [0.1, 0.15) is 179 Å². The van der Waals surface area contributed by atoms with Crippen LogP contribution in [-0.2, 0) is 0 Å². The number of hydrogen-bond donors (Lipinski definition) is 0. The molecule has 4 saturated carbocycles. The molecule has 5 aliphatic carbocycles. The average molecular weight is 481 g/mol. The van der Waals surface area contributed by atoms with E-state index in [0.29, 0.717) is 0 Å². The zero-order valence-electron chi connectivity index (χ0n) is 22.7. The summed E-state index contributed by atoms with van der Waals surface area (Å²) >= 11 is 0. The predicted molar refractivity (Wildman–Crippen MR) is 153 cm³/mol. The third-order valence-electron chi connectivity index (χ3n) is 11.4. The zero-order chi connectivity index (χ0) is 23.9. The van der Waals surface area contributed by atoms with Gasteiger partial charge in [0.1, 0.15) is 0 Å². The van der Waals surface area contributed by atoms with Crippen molar-refractivity contribution in [2.75, 3.05) is 0 Å². The summed E-state index contributed by atoms with van der Waals surface area (Å²) in [6.07, 6.45) is 27.2. The maximum Gasteiger partial charge on any atom is -0.00838 e. The van der Waals surface area contributed by atoms with Crippen LogP contribution < -0.4 is 0 Å². The molecule has 5 aliphatic rings. The second-order valence-corrected chi connectivity index (χ2v) is 13.4. The maximum absolute atomic E-state index is 2.76. The Kier molecular flexibility index (Phi) is 6.74. The highest BCUT2D eigenvalue weighted by Gasteiger charge is 2.40. The van der Waals surface area contributed by atoms with E-state index < -0.39 is 0 Å². The minimum atomic E-state index is 0.769. The Balaban J connectivity index is 1.43. The zero-order valence-corrected chi connectivity index (χ0v) is 22.7. The molecule has 2 unspecified atom stereocenters. The first-order valence-corrected chi connectivity index (χ1v) is 16.2. The Hall–Kier alpha value is -1.56. The van der Waals surface area contributed by atoms with Gasteiger partial charge in [-0.2, -0.15) is 0 Å². The van der Waals surface area contributed by atoms with E-state index in [0.717, 1.165) is 29.6 Å². The Labute approximate surface area is 220 Å². The van der Waals surface area contributed by atoms with Gasteiger partial charge in [-0.1, -0.05) is 101 Å². The lowest BCUT2D eigenvalue weighted by atomic mass is 9.61. The van der Waals surface area contributed by atoms with Crippen molar-refractivity contribution in [1.82, 2.24) is 0 Å². The molecule has 0 bridgehead atoms. The van der Waals surface area contributed by atoms with Crippen LogP contribution in [0.5, 0.6) is 0 Å². The van der Waals surface area contributed by atoms with Crippen molar-refractivity contribution >= 4 is 0 Å². The monoisotopic (exact) mass is 480 g/mol. The van der Waals surface area contributed by atoms with Crippen LogP contribution in [0.2, 0.25) is 0 Å². The average Bonchev–Trinajstić information content (AvgIpc) is 2.98. The van der Waals surface area contributed by atoms with Gasteiger partial charge in [0.05, 0.1) is 0 Å². The first-order valence-electron chi connectivity index (χ1n) is 16.2. The molecule has 0 nitrogen and oxygen atoms in total. The second kappa shape index (κ2) is 10.3. The third kappa shape index (κ3) is 4.19. The van der Waals surface area contributed by atoms with E-state index >= 15 is 0 Å². The van der Waals surface area contributed by atoms with Crippen LogP contribution in [0.15, 0.2) is 30.3 Å². The lowest BCUT2D eigenvalue weighted by Crippen LogP contribution is -2.25. The molecule has 0 spiro atoms. The highest BCUT2D eigenvalue weighted by molar-refractivity contribution is 5.81. The number of fused-ring (bicyclic) bond motifs is 6. The number of benzene rings is 2. The summed E-state index contributed by atoms with van der Waals surface area (Å²) in [7, 11) is 0. The molecule has 2 atom stereocenters. The van der Waals surface area contributed by atoms with Gasteiger partial charge in [-0.3, -0.25) is 0 Å². The Morgan fingerprint density at radius 3 is 1.58 bits per heavy atom. The smallest absolute Gasteiger partial charge is 0.00838 e. The number of hydrogen-bond acceptors (Lipinski definition) is 0. The van der Waals surface area contributed by atoms with Crippen molar-refractivity contribution in [3.8, 4) is 11.1 Å². The van der Waals surface area contributed by atoms with Gasteiger partial charge in [0.2, 0.25) is 0 Å². The van der Waals surface area contributed by atoms with Crippen LogP contribution in [0.4, 0.5) is 0 Å². The van der Waals surface area contributed by atoms with Gasteiger partial charge in [-0.25, -0.2) is 0 Å². The second-order valence-electron chi connectivity index (χ2n) is 13.4. The van der Waals surface area contributed by atoms with Crippen molar-refractivity contribution < 1.29 is 0 Å². The molecule has 0 radical (unpaired) electrons. The van der Waals surface area contributed by atoms with E-state index in [-0.39, 0.29) is 0 Å². The lowest BCUT2D eigenvalue weighted by molar-refractivity contribution is 0.373. The molecule has 0 amide bonds. The summed E-state index contributed by atoms with van der Waals surface area (Å²) in [4.78, 5) is 0. The van der Waals surface area contributed by atoms with Crippen LogP contribution in [0.25, 0.3) is 11.1 Å². The van der Waals surface area contributed by atoms with Crippen LogP contribution in [0, 0.1) is 0 Å². The third-order valence-corrected chi connectivity index (χ3v) is 11.4. The quantitative estimate of drug-likeness (QED) is 0.410. The lowest BCUT2D eigenvalue weighted by Gasteiger charge is -2.43. The minimum absolute atomic E-state index is 0.769. The molecule has 192 valence electrons. The van der Waals surface area contributed by atoms with E-state index in [1.165, 1.54) is 122 Å². The first kappa shape index (κ1) is 23.5. The Bertz CT molecular complexity index is 1060. The molecule has 2 aromatic rings. The van der Waals surface area contributed by atoms with E-state index in [1.54, 1.807) is 33.4 Å². The molecule has 0 aliphatic heterocycles. The van der Waals surface area contributed by atoms with Gasteiger partial charge >= 0.3 is 0 Å². The van der Waals surface area contributed by atoms with Crippen molar-refractivity contribution in [3.63, 3.8) is 0 Å². The fraction of sp³-hybridized carbons (Fsp3) is 0.667. The van der Waals surface area contributed by atoms with E-state index in [9.17, 15) is 0 Å². The van der Waals surface area contributed by atoms with Crippen molar-refractivity contribution in [1.29, 1.82) is 0 Å². The van der Waals surface area contributed by atoms with Gasteiger partial charge < -0.3 is 0 Å². The molecule has 0 heteroatoms. The van der Waals surface area contributed by atoms with Gasteiger partial charge in [-0.05, 0) is 120 Å². The SMILES string of the molecule is c1cc2c(cc1C1CCCCC1)-c1c(C3CCCCC3)ccc(C3CCCCC3)c1C1CCCCC21. The predicted octanol–water partition coefficient (Wildman–Crippen LogP) is 11.3. The Morgan fingerprint density at radius 1 is 0.417 bits per heavy atom. The molecular formula is C36H48. The number of rotatable bonds is 3. The fourth-order valence-electron chi connectivity index (χ4n) is 9.53. The summed E-state index contributed by atoms with van der Waals surface area (Å²) in [5.74, 6) is 3.96. The molecule has 0 heterocycles. The molecule has 0 aromatic heterocycles. The maximum atomic E-state index is 2.76. The molecule has 36 heavy (non-hydrogen) atoms. The fourth-order valence-corrected chi connectivity index (χ4v) is 9.53. The van der Waals surface area contributed by atoms with E-state index in [1.807, 2.05) is 5.56 Å². The van der Waals surface area contributed by atoms with Crippen LogP contribution >= 0.6 is 0 Å². The Morgan fingerprint density at radius 2 is 0.917 bits per heavy atom. The molecule has 0 N–H and O–H groups in total. The highest BCUT2D eigenvalue weighted by Crippen LogP contribution is 2.58. The van der Waals surface area contributed by atoms with Gasteiger partial charge in [0, 0.05) is 0 Å². The topological polar surface area (TPSA) is 0 Å². The van der Waals surface area contributed by atoms with Crippen LogP contribution in [-0.4, -0.2) is 0 Å². The molecule has 2 aromatic carbocycles. The van der Waals surface area contributed by atoms with Gasteiger partial charge in [0.25, 0.3) is 0 Å². The van der Waals surface area contributed by atoms with Crippen molar-refractivity contribution in [2.45, 2.75) is 152 Å². The first-order chi connectivity index (χ1) is 17.9. The van der Waals surface area contributed by atoms with Gasteiger partial charge in [-0.15, -0.1) is 0 Å². The molecule has 0 saturated heterocycles. The summed E-state index contributed by atoms with van der Waals surface area (Å²) in [6.45, 7) is 0. The summed E-state index contributed by atoms with van der Waals surface area (Å²) in [5, 5.41) is 0. The van der Waals surface area contributed by atoms with Crippen LogP contribution in [0.3, 0.4) is 0 Å². The largest absolute Gasteiger partial charge is 0.0584 e. The molecule has 7 rings (SSSR count). The summed E-state index contributed by atoms with van der Waals surface area (Å²) in [5.41, 5.74) is 12.3. The molecular weight excluding hydrogens is 432 g/mol. The summed E-state index contributed by atoms with van der Waals surface area (Å²) in [6, 6.07) is 13.3. The minimum Gasteiger partial charge on any atom is -0.0584 e. The summed E-state index contributed by atoms with van der Waals surface area (Å²) < 4.78 is 0. The molecule has 4 fully saturated rings. The highest BCUT2D eigenvalue weighted by atomic mass is 14.4. The normalized spacial score (nSPS) is 27.8. The van der Waals surface area contributed by atoms with Crippen molar-refractivity contribution in [3.05, 3.63) is 58.1 Å². The van der Waals surface area contributed by atoms with Gasteiger partial charge in [0.15, 0.2) is 0 Å².